The van der Waals surface area contributed by atoms with Crippen LogP contribution in [0.5, 0.6) is 0 Å². The SMILES string of the molecule is CCC(C)(C)C(=O)OC1(C)C2CC3CC(C2)CC1C3.CCC(C)(C)C(=O)OC1(CC)C2CC3CC(C2)CC1C3.CCC(C)(C)C(=O)OC12CC3CC(CC(O)(C3)C1)C2.CCC(C)(C)C(=O)OC12CC3CC(CC(O)(C3)C1)C2.CCC(C)(C)C(=O)OC1C2CC3C1OC(=O)C3C2C(=O)OC.CCC(C)(C)C(=O)OC1CCOC1=O.CCC(C)(C)C(=O)OC1CCOC1=O. The van der Waals surface area contributed by atoms with Gasteiger partial charge in [0.15, 0.2) is 0 Å². The van der Waals surface area contributed by atoms with Gasteiger partial charge in [-0.05, 0) is 361 Å². The minimum atomic E-state index is -0.687. The van der Waals surface area contributed by atoms with Gasteiger partial charge in [0.25, 0.3) is 0 Å². The van der Waals surface area contributed by atoms with Crippen LogP contribution in [-0.4, -0.2) is 154 Å². The number of carbonyl (C=O) groups excluding carboxylic acids is 11. The molecular formula is C103H164O24. The number of esters is 11. The molecule has 0 aromatic heterocycles. The number of hydrogen-bond donors (Lipinski definition) is 2. The molecule has 24 heteroatoms. The number of aliphatic hydroxyl groups is 2. The van der Waals surface area contributed by atoms with E-state index in [2.05, 4.69) is 27.7 Å². The quantitative estimate of drug-likeness (QED) is 0.0709. The zero-order valence-electron chi connectivity index (χ0n) is 82.2. The molecule has 24 nitrogen and oxygen atoms in total. The van der Waals surface area contributed by atoms with Crippen molar-refractivity contribution in [2.75, 3.05) is 20.3 Å². The van der Waals surface area contributed by atoms with Gasteiger partial charge in [-0.2, -0.15) is 0 Å². The topological polar surface area (TPSA) is 330 Å². The highest BCUT2D eigenvalue weighted by atomic mass is 16.6. The molecule has 0 spiro atoms. The van der Waals surface area contributed by atoms with Crippen molar-refractivity contribution in [2.24, 2.45) is 133 Å². The number of methoxy groups -OCH3 is 1. The molecule has 12 atom stereocenters. The second kappa shape index (κ2) is 38.2. The number of rotatable bonds is 23. The molecule has 21 aliphatic rings. The Balaban J connectivity index is 0.000000144. The van der Waals surface area contributed by atoms with E-state index in [1.807, 2.05) is 104 Å². The summed E-state index contributed by atoms with van der Waals surface area (Å²) in [4.78, 5) is 131. The van der Waals surface area contributed by atoms with Crippen LogP contribution in [0.1, 0.15) is 371 Å². The van der Waals surface area contributed by atoms with Crippen molar-refractivity contribution in [1.29, 1.82) is 0 Å². The molecule has 18 saturated carbocycles. The first-order chi connectivity index (χ1) is 59.0. The Morgan fingerprint density at radius 2 is 0.677 bits per heavy atom. The third kappa shape index (κ3) is 21.7. The number of ether oxygens (including phenoxy) is 11. The van der Waals surface area contributed by atoms with Gasteiger partial charge in [-0.25, -0.2) is 9.59 Å². The molecule has 2 N–H and O–H groups in total. The van der Waals surface area contributed by atoms with Crippen LogP contribution in [-0.2, 0) is 105 Å². The van der Waals surface area contributed by atoms with Gasteiger partial charge in [-0.1, -0.05) is 55.4 Å². The highest BCUT2D eigenvalue weighted by Crippen LogP contribution is 2.65. The van der Waals surface area contributed by atoms with E-state index in [4.69, 9.17) is 52.1 Å². The molecule has 18 aliphatic carbocycles. The zero-order chi connectivity index (χ0) is 93.9. The molecule has 0 amide bonds. The minimum Gasteiger partial charge on any atom is -0.469 e. The van der Waals surface area contributed by atoms with Crippen LogP contribution in [0.2, 0.25) is 0 Å². The summed E-state index contributed by atoms with van der Waals surface area (Å²) in [6.45, 7) is 45.8. The third-order valence-electron chi connectivity index (χ3n) is 35.6. The van der Waals surface area contributed by atoms with Gasteiger partial charge in [0.2, 0.25) is 12.2 Å². The Labute approximate surface area is 759 Å². The van der Waals surface area contributed by atoms with Gasteiger partial charge >= 0.3 is 65.7 Å². The largest absolute Gasteiger partial charge is 0.469 e. The fourth-order valence-corrected chi connectivity index (χ4v) is 25.5. The summed E-state index contributed by atoms with van der Waals surface area (Å²) in [6, 6.07) is 0. The van der Waals surface area contributed by atoms with Gasteiger partial charge in [0.1, 0.15) is 34.6 Å². The molecule has 12 unspecified atom stereocenters. The van der Waals surface area contributed by atoms with Gasteiger partial charge in [-0.3, -0.25) is 43.2 Å². The summed E-state index contributed by atoms with van der Waals surface area (Å²) in [7, 11) is 1.31. The van der Waals surface area contributed by atoms with Gasteiger partial charge in [-0.15, -0.1) is 0 Å². The van der Waals surface area contributed by atoms with Crippen LogP contribution >= 0.6 is 0 Å². The minimum absolute atomic E-state index is 0.0185. The van der Waals surface area contributed by atoms with Crippen molar-refractivity contribution >= 4 is 65.7 Å². The smallest absolute Gasteiger partial charge is 0.347 e. The van der Waals surface area contributed by atoms with Crippen LogP contribution in [0.25, 0.3) is 0 Å². The maximum Gasteiger partial charge on any atom is 0.347 e. The Morgan fingerprint density at radius 3 is 0.984 bits per heavy atom. The molecule has 3 heterocycles. The Morgan fingerprint density at radius 1 is 0.370 bits per heavy atom. The third-order valence-corrected chi connectivity index (χ3v) is 35.6. The van der Waals surface area contributed by atoms with Gasteiger partial charge in [0.05, 0.1) is 81.3 Å². The average Bonchev–Trinajstić information content (AvgIpc) is 1.63. The normalized spacial score (nSPS) is 38.2. The van der Waals surface area contributed by atoms with E-state index >= 15 is 0 Å². The van der Waals surface area contributed by atoms with E-state index in [9.17, 15) is 63.0 Å². The number of cyclic esters (lactones) is 2. The Bertz CT molecular complexity index is 3770. The van der Waals surface area contributed by atoms with E-state index < -0.39 is 92.4 Å². The highest BCUT2D eigenvalue weighted by Gasteiger charge is 2.71. The molecule has 0 radical (unpaired) electrons. The summed E-state index contributed by atoms with van der Waals surface area (Å²) in [6.07, 6.45) is 30.2. The van der Waals surface area contributed by atoms with E-state index in [0.29, 0.717) is 112 Å². The molecule has 21 fully saturated rings. The van der Waals surface area contributed by atoms with Gasteiger partial charge in [0, 0.05) is 37.5 Å². The van der Waals surface area contributed by atoms with Crippen molar-refractivity contribution in [3.8, 4) is 0 Å². The monoisotopic (exact) mass is 1790 g/mol. The average molecular weight is 1790 g/mol. The number of hydrogen-bond acceptors (Lipinski definition) is 24. The molecule has 3 saturated heterocycles. The van der Waals surface area contributed by atoms with Crippen LogP contribution in [0.15, 0.2) is 0 Å². The van der Waals surface area contributed by atoms with Gasteiger partial charge < -0.3 is 62.3 Å². The second-order valence-electron chi connectivity index (χ2n) is 47.7. The Hall–Kier alpha value is -5.91. The second-order valence-corrected chi connectivity index (χ2v) is 47.7. The molecule has 127 heavy (non-hydrogen) atoms. The highest BCUT2D eigenvalue weighted by molar-refractivity contribution is 5.87. The molecule has 18 bridgehead atoms. The van der Waals surface area contributed by atoms with E-state index in [0.717, 1.165) is 107 Å². The summed E-state index contributed by atoms with van der Waals surface area (Å²) in [5.41, 5.74) is -5.26. The summed E-state index contributed by atoms with van der Waals surface area (Å²) < 4.78 is 59.8. The van der Waals surface area contributed by atoms with E-state index in [-0.39, 0.29) is 92.8 Å². The van der Waals surface area contributed by atoms with Crippen molar-refractivity contribution in [3.05, 3.63) is 0 Å². The van der Waals surface area contributed by atoms with Crippen molar-refractivity contribution < 1.29 is 115 Å². The molecular weight excluding hydrogens is 1620 g/mol. The van der Waals surface area contributed by atoms with Crippen LogP contribution in [0.3, 0.4) is 0 Å². The first kappa shape index (κ1) is 102. The number of fused-ring (bicyclic) bond motifs is 1. The van der Waals surface area contributed by atoms with E-state index in [1.165, 1.54) is 84.2 Å². The summed E-state index contributed by atoms with van der Waals surface area (Å²) >= 11 is 0. The molecule has 0 aromatic carbocycles. The van der Waals surface area contributed by atoms with Crippen molar-refractivity contribution in [2.45, 2.75) is 429 Å². The Kier molecular flexibility index (Phi) is 30.6. The zero-order valence-corrected chi connectivity index (χ0v) is 82.2. The molecule has 21 rings (SSSR count). The standard InChI is InChI=1S/C18H30O2.C17H28O2.C16H22O6.2C16H26O3.2C10H16O4/c1-5-17(3,4)16(19)20-18(6-2)14-8-12-7-13(10-14)11-15(18)9-12;1-5-16(2,3)15(18)19-17(4)13-7-11-6-12(9-13)10-14(17)8-11;1-5-16(2,3)15(19)22-12-7-6-8-10(9(7)13(17)20-4)14(18)21-11(8)12;2*1-4-14(2,3)13(17)19-16-8-11-5-12(9-16)7-15(18,6-11)10-16;2*1-4-10(2,3)9(12)14-7-5-6-13-8(7)11/h12-15H,5-11H2,1-4H3;11-14H,5-10H2,1-4H3;7-12H,5-6H2,1-4H3;2*11-12,18H,4-10H2,1-3H3;2*7H,4-6H2,1-3H3. The van der Waals surface area contributed by atoms with Crippen molar-refractivity contribution in [1.82, 2.24) is 0 Å². The molecule has 3 aliphatic heterocycles. The summed E-state index contributed by atoms with van der Waals surface area (Å²) in [5.74, 6) is 4.56. The first-order valence-electron chi connectivity index (χ1n) is 49.7. The van der Waals surface area contributed by atoms with Crippen LogP contribution in [0.4, 0.5) is 0 Å². The predicted molar refractivity (Wildman–Crippen MR) is 474 cm³/mol. The maximum atomic E-state index is 12.6. The molecule has 720 valence electrons. The lowest BCUT2D eigenvalue weighted by Gasteiger charge is -2.60. The summed E-state index contributed by atoms with van der Waals surface area (Å²) in [5, 5.41) is 21.3. The van der Waals surface area contributed by atoms with Crippen molar-refractivity contribution in [3.63, 3.8) is 0 Å². The first-order valence-corrected chi connectivity index (χ1v) is 49.7. The predicted octanol–water partition coefficient (Wildman–Crippen LogP) is 18.7. The van der Waals surface area contributed by atoms with Crippen LogP contribution in [0, 0.1) is 133 Å². The lowest BCUT2D eigenvalue weighted by atomic mass is 9.49. The van der Waals surface area contributed by atoms with E-state index in [1.54, 1.807) is 27.7 Å². The lowest BCUT2D eigenvalue weighted by molar-refractivity contribution is -0.226. The fourth-order valence-electron chi connectivity index (χ4n) is 25.5. The number of carbonyl (C=O) groups is 11. The maximum absolute atomic E-state index is 12.6. The lowest BCUT2D eigenvalue weighted by Crippen LogP contribution is -2.61. The fraction of sp³-hybridized carbons (Fsp3) is 0.893. The molecule has 0 aromatic rings. The van der Waals surface area contributed by atoms with Crippen LogP contribution < -0.4 is 0 Å².